The lowest BCUT2D eigenvalue weighted by atomic mass is 9.79. The van der Waals surface area contributed by atoms with Crippen LogP contribution in [0, 0.1) is 11.8 Å². The van der Waals surface area contributed by atoms with Crippen LogP contribution in [0.1, 0.15) is 45.4 Å². The molecule has 5 nitrogen and oxygen atoms in total. The van der Waals surface area contributed by atoms with Crippen molar-refractivity contribution < 1.29 is 19.4 Å². The van der Waals surface area contributed by atoms with Crippen molar-refractivity contribution in [2.75, 3.05) is 19.8 Å². The number of amides is 1. The Morgan fingerprint density at radius 3 is 2.68 bits per heavy atom. The summed E-state index contributed by atoms with van der Waals surface area (Å²) in [6.45, 7) is 3.61. The lowest BCUT2D eigenvalue weighted by molar-refractivity contribution is -0.145. The maximum Gasteiger partial charge on any atom is 0.306 e. The fourth-order valence-electron chi connectivity index (χ4n) is 2.52. The molecule has 19 heavy (non-hydrogen) atoms. The molecular formula is C14H25NO4. The van der Waals surface area contributed by atoms with Crippen molar-refractivity contribution in [3.05, 3.63) is 0 Å². The Balaban J connectivity index is 2.22. The average molecular weight is 271 g/mol. The number of carboxylic acid groups (broad SMARTS) is 1. The lowest BCUT2D eigenvalue weighted by Gasteiger charge is -2.28. The Morgan fingerprint density at radius 1 is 1.26 bits per heavy atom. The van der Waals surface area contributed by atoms with Gasteiger partial charge in [0.15, 0.2) is 0 Å². The molecule has 5 heteroatoms. The first kappa shape index (κ1) is 16.0. The first-order chi connectivity index (χ1) is 9.15. The molecule has 1 rings (SSSR count). The van der Waals surface area contributed by atoms with Crippen LogP contribution in [0.3, 0.4) is 0 Å². The number of hydrogen-bond donors (Lipinski definition) is 2. The zero-order valence-electron chi connectivity index (χ0n) is 11.7. The molecule has 1 aliphatic rings. The molecule has 2 N–H and O–H groups in total. The molecule has 1 aliphatic carbocycles. The molecule has 0 aromatic rings. The highest BCUT2D eigenvalue weighted by Crippen LogP contribution is 2.29. The van der Waals surface area contributed by atoms with Gasteiger partial charge in [0.2, 0.25) is 5.91 Å². The van der Waals surface area contributed by atoms with Crippen LogP contribution in [-0.2, 0) is 14.3 Å². The van der Waals surface area contributed by atoms with E-state index < -0.39 is 5.97 Å². The van der Waals surface area contributed by atoms with Crippen molar-refractivity contribution in [3.63, 3.8) is 0 Å². The normalized spacial score (nSPS) is 23.0. The van der Waals surface area contributed by atoms with E-state index in [9.17, 15) is 9.59 Å². The summed E-state index contributed by atoms with van der Waals surface area (Å²) in [5.41, 5.74) is 0. The van der Waals surface area contributed by atoms with Crippen LogP contribution in [0.4, 0.5) is 0 Å². The summed E-state index contributed by atoms with van der Waals surface area (Å²) >= 11 is 0. The molecule has 0 aromatic heterocycles. The number of hydrogen-bond acceptors (Lipinski definition) is 3. The van der Waals surface area contributed by atoms with Gasteiger partial charge < -0.3 is 15.2 Å². The van der Waals surface area contributed by atoms with Crippen molar-refractivity contribution in [2.45, 2.75) is 45.4 Å². The second kappa shape index (κ2) is 8.91. The van der Waals surface area contributed by atoms with Gasteiger partial charge in [0, 0.05) is 19.6 Å². The summed E-state index contributed by atoms with van der Waals surface area (Å²) in [7, 11) is 0. The summed E-state index contributed by atoms with van der Waals surface area (Å²) in [5.74, 6) is -1.01. The quantitative estimate of drug-likeness (QED) is 0.660. The molecular weight excluding hydrogens is 246 g/mol. The number of carboxylic acids is 1. The van der Waals surface area contributed by atoms with E-state index >= 15 is 0 Å². The van der Waals surface area contributed by atoms with Crippen molar-refractivity contribution in [3.8, 4) is 0 Å². The largest absolute Gasteiger partial charge is 0.481 e. The highest BCUT2D eigenvalue weighted by atomic mass is 16.5. The van der Waals surface area contributed by atoms with Crippen LogP contribution < -0.4 is 5.32 Å². The van der Waals surface area contributed by atoms with Gasteiger partial charge in [-0.05, 0) is 25.2 Å². The van der Waals surface area contributed by atoms with Gasteiger partial charge in [-0.15, -0.1) is 0 Å². The fraction of sp³-hybridized carbons (Fsp3) is 0.857. The highest BCUT2D eigenvalue weighted by Gasteiger charge is 2.30. The monoisotopic (exact) mass is 271 g/mol. The zero-order valence-corrected chi connectivity index (χ0v) is 11.7. The fourth-order valence-corrected chi connectivity index (χ4v) is 2.52. The molecule has 1 saturated carbocycles. The van der Waals surface area contributed by atoms with E-state index in [1.54, 1.807) is 0 Å². The van der Waals surface area contributed by atoms with E-state index in [2.05, 4.69) is 5.32 Å². The average Bonchev–Trinajstić information content (AvgIpc) is 2.41. The first-order valence-electron chi connectivity index (χ1n) is 7.22. The number of nitrogens with one attached hydrogen (secondary N) is 1. The smallest absolute Gasteiger partial charge is 0.306 e. The van der Waals surface area contributed by atoms with E-state index in [-0.39, 0.29) is 17.7 Å². The lowest BCUT2D eigenvalue weighted by Crippen LogP contribution is -2.37. The van der Waals surface area contributed by atoms with Gasteiger partial charge in [0.05, 0.1) is 12.5 Å². The van der Waals surface area contributed by atoms with Crippen molar-refractivity contribution in [1.82, 2.24) is 5.32 Å². The Morgan fingerprint density at radius 2 is 2.00 bits per heavy atom. The van der Waals surface area contributed by atoms with Crippen LogP contribution >= 0.6 is 0 Å². The predicted octanol–water partition coefficient (Wildman–Crippen LogP) is 1.81. The Hall–Kier alpha value is -1.10. The second-order valence-electron chi connectivity index (χ2n) is 5.16. The SMILES string of the molecule is CCCOCCC(=O)NCC1CCCCC1C(=O)O. The van der Waals surface area contributed by atoms with Gasteiger partial charge in [-0.3, -0.25) is 9.59 Å². The van der Waals surface area contributed by atoms with E-state index in [0.717, 1.165) is 32.1 Å². The Kier molecular flexibility index (Phi) is 7.48. The molecule has 0 saturated heterocycles. The number of ether oxygens (including phenoxy) is 1. The van der Waals surface area contributed by atoms with Gasteiger partial charge in [-0.25, -0.2) is 0 Å². The summed E-state index contributed by atoms with van der Waals surface area (Å²) in [6.07, 6.45) is 4.96. The van der Waals surface area contributed by atoms with Crippen LogP contribution in [-0.4, -0.2) is 36.7 Å². The molecule has 0 spiro atoms. The number of carbonyl (C=O) groups excluding carboxylic acids is 1. The van der Waals surface area contributed by atoms with E-state index in [0.29, 0.717) is 26.2 Å². The van der Waals surface area contributed by atoms with Crippen LogP contribution in [0.2, 0.25) is 0 Å². The third kappa shape index (κ3) is 6.05. The summed E-state index contributed by atoms with van der Waals surface area (Å²) < 4.78 is 5.25. The molecule has 2 unspecified atom stereocenters. The molecule has 0 heterocycles. The third-order valence-electron chi connectivity index (χ3n) is 3.61. The number of carbonyl (C=O) groups is 2. The van der Waals surface area contributed by atoms with E-state index in [4.69, 9.17) is 9.84 Å². The molecule has 0 radical (unpaired) electrons. The van der Waals surface area contributed by atoms with Gasteiger partial charge >= 0.3 is 5.97 Å². The van der Waals surface area contributed by atoms with Crippen LogP contribution in [0.25, 0.3) is 0 Å². The Bertz CT molecular complexity index is 293. The van der Waals surface area contributed by atoms with Gasteiger partial charge in [0.25, 0.3) is 0 Å². The standard InChI is InChI=1S/C14H25NO4/c1-2-8-19-9-7-13(16)15-10-11-5-3-4-6-12(11)14(17)18/h11-12H,2-10H2,1H3,(H,15,16)(H,17,18). The molecule has 0 aliphatic heterocycles. The van der Waals surface area contributed by atoms with Crippen molar-refractivity contribution in [2.24, 2.45) is 11.8 Å². The molecule has 1 amide bonds. The van der Waals surface area contributed by atoms with Gasteiger partial charge in [-0.2, -0.15) is 0 Å². The minimum Gasteiger partial charge on any atom is -0.481 e. The molecule has 2 atom stereocenters. The maximum absolute atomic E-state index is 11.6. The predicted molar refractivity (Wildman–Crippen MR) is 71.8 cm³/mol. The number of rotatable bonds is 8. The van der Waals surface area contributed by atoms with Gasteiger partial charge in [-0.1, -0.05) is 19.8 Å². The topological polar surface area (TPSA) is 75.6 Å². The van der Waals surface area contributed by atoms with Crippen molar-refractivity contribution in [1.29, 1.82) is 0 Å². The van der Waals surface area contributed by atoms with E-state index in [1.165, 1.54) is 0 Å². The first-order valence-corrected chi connectivity index (χ1v) is 7.22. The summed E-state index contributed by atoms with van der Waals surface area (Å²) in [6, 6.07) is 0. The van der Waals surface area contributed by atoms with Crippen molar-refractivity contribution >= 4 is 11.9 Å². The highest BCUT2D eigenvalue weighted by molar-refractivity contribution is 5.76. The minimum absolute atomic E-state index is 0.0502. The van der Waals surface area contributed by atoms with Crippen LogP contribution in [0.15, 0.2) is 0 Å². The summed E-state index contributed by atoms with van der Waals surface area (Å²) in [5, 5.41) is 12.0. The maximum atomic E-state index is 11.6. The van der Waals surface area contributed by atoms with Gasteiger partial charge in [0.1, 0.15) is 0 Å². The Labute approximate surface area is 114 Å². The van der Waals surface area contributed by atoms with E-state index in [1.807, 2.05) is 6.92 Å². The molecule has 110 valence electrons. The zero-order chi connectivity index (χ0) is 14.1. The number of aliphatic carboxylic acids is 1. The second-order valence-corrected chi connectivity index (χ2v) is 5.16. The molecule has 0 aromatic carbocycles. The molecule has 0 bridgehead atoms. The molecule has 1 fully saturated rings. The third-order valence-corrected chi connectivity index (χ3v) is 3.61. The van der Waals surface area contributed by atoms with Crippen LogP contribution in [0.5, 0.6) is 0 Å². The summed E-state index contributed by atoms with van der Waals surface area (Å²) in [4.78, 5) is 22.7. The minimum atomic E-state index is -0.731.